The third kappa shape index (κ3) is 5.14. The van der Waals surface area contributed by atoms with Crippen molar-refractivity contribution < 1.29 is 0 Å². The van der Waals surface area contributed by atoms with E-state index in [4.69, 9.17) is 0 Å². The minimum atomic E-state index is 1.14. The number of hydrogen-bond acceptors (Lipinski definition) is 0. The van der Waals surface area contributed by atoms with E-state index in [9.17, 15) is 0 Å². The maximum atomic E-state index is 2.45. The predicted molar refractivity (Wildman–Crippen MR) is 271 cm³/mol. The first kappa shape index (κ1) is 35.2. The Morgan fingerprint density at radius 1 is 0.234 bits per heavy atom. The predicted octanol–water partition coefficient (Wildman–Crippen LogP) is 16.8. The second-order valence-corrected chi connectivity index (χ2v) is 17.3. The van der Waals surface area contributed by atoms with Crippen LogP contribution in [-0.4, -0.2) is 9.13 Å². The van der Waals surface area contributed by atoms with Crippen LogP contribution in [0.2, 0.25) is 0 Å². The molecule has 14 rings (SSSR count). The van der Waals surface area contributed by atoms with E-state index in [1.807, 2.05) is 0 Å². The van der Waals surface area contributed by atoms with Gasteiger partial charge in [-0.2, -0.15) is 0 Å². The summed E-state index contributed by atoms with van der Waals surface area (Å²) in [5.41, 5.74) is 19.7. The lowest BCUT2D eigenvalue weighted by Gasteiger charge is -2.12. The SMILES string of the molecule is c1ccc(-n2c3cc(-c4ccc5c6ccccc6n(-c6cccc(-c7ccc(-c8ccc9c(c8)-c8cccc%10cccc-9c8%10)cc7)c6)c5c4)ccc3c3ccc4ccccc4c32)cc1. The molecule has 2 nitrogen and oxygen atoms in total. The average molecular weight is 811 g/mol. The molecule has 13 aromatic rings. The van der Waals surface area contributed by atoms with Crippen LogP contribution in [0.15, 0.2) is 231 Å². The Hall–Kier alpha value is -8.46. The third-order valence-electron chi connectivity index (χ3n) is 13.8. The number of rotatable bonds is 5. The van der Waals surface area contributed by atoms with Gasteiger partial charge in [-0.05, 0) is 120 Å². The van der Waals surface area contributed by atoms with Gasteiger partial charge in [-0.3, -0.25) is 0 Å². The summed E-state index contributed by atoms with van der Waals surface area (Å²) >= 11 is 0. The Balaban J connectivity index is 0.868. The van der Waals surface area contributed by atoms with E-state index >= 15 is 0 Å². The van der Waals surface area contributed by atoms with Gasteiger partial charge in [0.25, 0.3) is 0 Å². The van der Waals surface area contributed by atoms with E-state index in [0.29, 0.717) is 0 Å². The molecule has 0 fully saturated rings. The Bertz CT molecular complexity index is 4050. The van der Waals surface area contributed by atoms with Crippen molar-refractivity contribution in [2.45, 2.75) is 0 Å². The summed E-state index contributed by atoms with van der Waals surface area (Å²) in [6.45, 7) is 0. The number of benzene rings is 11. The van der Waals surface area contributed by atoms with E-state index in [0.717, 1.165) is 11.4 Å². The monoisotopic (exact) mass is 810 g/mol. The first-order chi connectivity index (χ1) is 31.7. The molecule has 0 amide bonds. The van der Waals surface area contributed by atoms with Crippen molar-refractivity contribution in [3.63, 3.8) is 0 Å². The maximum absolute atomic E-state index is 2.45. The van der Waals surface area contributed by atoms with Crippen molar-refractivity contribution in [1.82, 2.24) is 9.13 Å². The van der Waals surface area contributed by atoms with Crippen molar-refractivity contribution in [2.75, 3.05) is 0 Å². The molecule has 0 bridgehead atoms. The summed E-state index contributed by atoms with van der Waals surface area (Å²) in [5, 5.41) is 10.2. The highest BCUT2D eigenvalue weighted by Crippen LogP contribution is 2.48. The average Bonchev–Trinajstić information content (AvgIpc) is 4.00. The van der Waals surface area contributed by atoms with Gasteiger partial charge in [0.05, 0.1) is 22.1 Å². The first-order valence-corrected chi connectivity index (χ1v) is 22.2. The van der Waals surface area contributed by atoms with Crippen molar-refractivity contribution >= 4 is 65.2 Å². The highest BCUT2D eigenvalue weighted by Gasteiger charge is 2.22. The maximum Gasteiger partial charge on any atom is 0.0619 e. The zero-order valence-electron chi connectivity index (χ0n) is 34.8. The molecule has 0 saturated heterocycles. The molecule has 1 aliphatic rings. The van der Waals surface area contributed by atoms with Gasteiger partial charge in [-0.1, -0.05) is 182 Å². The molecule has 0 spiro atoms. The summed E-state index contributed by atoms with van der Waals surface area (Å²) in [5.74, 6) is 0. The lowest BCUT2D eigenvalue weighted by molar-refractivity contribution is 1.18. The summed E-state index contributed by atoms with van der Waals surface area (Å²) in [6, 6.07) is 85.3. The van der Waals surface area contributed by atoms with E-state index < -0.39 is 0 Å². The molecule has 0 atom stereocenters. The van der Waals surface area contributed by atoms with Crippen molar-refractivity contribution in [2.24, 2.45) is 0 Å². The van der Waals surface area contributed by atoms with Crippen LogP contribution in [0, 0.1) is 0 Å². The summed E-state index contributed by atoms with van der Waals surface area (Å²) in [7, 11) is 0. The molecule has 64 heavy (non-hydrogen) atoms. The number of fused-ring (bicyclic) bond motifs is 11. The van der Waals surface area contributed by atoms with E-state index in [1.54, 1.807) is 0 Å². The lowest BCUT2D eigenvalue weighted by Crippen LogP contribution is -1.95. The molecule has 0 aliphatic heterocycles. The van der Waals surface area contributed by atoms with Gasteiger partial charge in [0, 0.05) is 38.3 Å². The lowest BCUT2D eigenvalue weighted by atomic mass is 9.96. The second kappa shape index (κ2) is 13.5. The van der Waals surface area contributed by atoms with Gasteiger partial charge in [0.15, 0.2) is 0 Å². The minimum Gasteiger partial charge on any atom is -0.309 e. The van der Waals surface area contributed by atoms with Crippen LogP contribution in [0.3, 0.4) is 0 Å². The Kier molecular flexibility index (Phi) is 7.43. The molecular weight excluding hydrogens is 773 g/mol. The first-order valence-electron chi connectivity index (χ1n) is 22.2. The van der Waals surface area contributed by atoms with Gasteiger partial charge in [0.2, 0.25) is 0 Å². The molecule has 0 radical (unpaired) electrons. The summed E-state index contributed by atoms with van der Waals surface area (Å²) in [4.78, 5) is 0. The molecule has 0 N–H and O–H groups in total. The molecule has 2 heteroatoms. The van der Waals surface area contributed by atoms with Crippen LogP contribution in [0.25, 0.3) is 132 Å². The van der Waals surface area contributed by atoms with Gasteiger partial charge in [0.1, 0.15) is 0 Å². The molecule has 0 unspecified atom stereocenters. The Morgan fingerprint density at radius 2 is 0.766 bits per heavy atom. The number of aromatic nitrogens is 2. The van der Waals surface area contributed by atoms with E-state index in [1.165, 1.54) is 121 Å². The molecular formula is C62H38N2. The topological polar surface area (TPSA) is 9.86 Å². The summed E-state index contributed by atoms with van der Waals surface area (Å²) in [6.07, 6.45) is 0. The number of nitrogens with zero attached hydrogens (tertiary/aromatic N) is 2. The molecule has 11 aromatic carbocycles. The van der Waals surface area contributed by atoms with Gasteiger partial charge < -0.3 is 9.13 Å². The van der Waals surface area contributed by atoms with Crippen molar-refractivity contribution in [1.29, 1.82) is 0 Å². The van der Waals surface area contributed by atoms with Crippen LogP contribution in [0.4, 0.5) is 0 Å². The zero-order chi connectivity index (χ0) is 41.9. The fourth-order valence-electron chi connectivity index (χ4n) is 10.9. The van der Waals surface area contributed by atoms with Crippen LogP contribution >= 0.6 is 0 Å². The molecule has 2 heterocycles. The van der Waals surface area contributed by atoms with E-state index in [-0.39, 0.29) is 0 Å². The normalized spacial score (nSPS) is 12.1. The van der Waals surface area contributed by atoms with Crippen LogP contribution in [-0.2, 0) is 0 Å². The Morgan fingerprint density at radius 3 is 1.55 bits per heavy atom. The fraction of sp³-hybridized carbons (Fsp3) is 0. The third-order valence-corrected chi connectivity index (χ3v) is 13.8. The molecule has 296 valence electrons. The quantitative estimate of drug-likeness (QED) is 0.164. The van der Waals surface area contributed by atoms with Crippen molar-refractivity contribution in [3.8, 4) is 67.0 Å². The summed E-state index contributed by atoms with van der Waals surface area (Å²) < 4.78 is 4.90. The van der Waals surface area contributed by atoms with E-state index in [2.05, 4.69) is 240 Å². The van der Waals surface area contributed by atoms with Crippen LogP contribution < -0.4 is 0 Å². The molecule has 0 saturated carbocycles. The van der Waals surface area contributed by atoms with Crippen molar-refractivity contribution in [3.05, 3.63) is 231 Å². The number of hydrogen-bond donors (Lipinski definition) is 0. The molecule has 2 aromatic heterocycles. The smallest absolute Gasteiger partial charge is 0.0619 e. The number of para-hydroxylation sites is 2. The van der Waals surface area contributed by atoms with Crippen LogP contribution in [0.5, 0.6) is 0 Å². The van der Waals surface area contributed by atoms with Gasteiger partial charge >= 0.3 is 0 Å². The van der Waals surface area contributed by atoms with Gasteiger partial charge in [-0.25, -0.2) is 0 Å². The highest BCUT2D eigenvalue weighted by molar-refractivity contribution is 6.19. The molecule has 1 aliphatic carbocycles. The second-order valence-electron chi connectivity index (χ2n) is 17.3. The largest absolute Gasteiger partial charge is 0.309 e. The Labute approximate surface area is 370 Å². The fourth-order valence-corrected chi connectivity index (χ4v) is 10.9. The zero-order valence-corrected chi connectivity index (χ0v) is 34.8. The minimum absolute atomic E-state index is 1.14. The standard InChI is InChI=1S/C62H38N2/c1-2-15-47(16-3-1)64-60-38-46(30-33-53(60)56-34-27-41-11-4-5-18-49(41)62(56)64)45-29-32-52-51-19-6-7-22-58(51)63(59(52)37-45)48-17-8-14-43(35-48)39-23-25-40(26-24-39)44-28-31-50-54-20-9-12-42-13-10-21-55(61(42)54)57(50)36-44/h1-38H. The van der Waals surface area contributed by atoms with Gasteiger partial charge in [-0.15, -0.1) is 0 Å². The van der Waals surface area contributed by atoms with Crippen LogP contribution in [0.1, 0.15) is 0 Å². The highest BCUT2D eigenvalue weighted by atomic mass is 15.0.